The molecule has 2 aromatic rings. The van der Waals surface area contributed by atoms with Crippen molar-refractivity contribution in [2.24, 2.45) is 5.41 Å². The van der Waals surface area contributed by atoms with Crippen LogP contribution in [0.1, 0.15) is 34.1 Å². The number of hydrogen-bond donors (Lipinski definition) is 2. The molecule has 0 aliphatic heterocycles. The van der Waals surface area contributed by atoms with Gasteiger partial charge in [-0.05, 0) is 29.4 Å². The lowest BCUT2D eigenvalue weighted by atomic mass is 9.92. The molecule has 0 atom stereocenters. The molecule has 27 heavy (non-hydrogen) atoms. The van der Waals surface area contributed by atoms with E-state index in [4.69, 9.17) is 0 Å². The van der Waals surface area contributed by atoms with Gasteiger partial charge in [0.1, 0.15) is 0 Å². The molecule has 6 nitrogen and oxygen atoms in total. The zero-order valence-corrected chi connectivity index (χ0v) is 18.3. The predicted octanol–water partition coefficient (Wildman–Crippen LogP) is 4.76. The Bertz CT molecular complexity index is 787. The topological polar surface area (TPSA) is 84.0 Å². The van der Waals surface area contributed by atoms with Crippen molar-refractivity contribution in [2.75, 3.05) is 22.1 Å². The van der Waals surface area contributed by atoms with E-state index in [-0.39, 0.29) is 23.0 Å². The molecule has 0 unspecified atom stereocenters. The highest BCUT2D eigenvalue weighted by molar-refractivity contribution is 8.00. The highest BCUT2D eigenvalue weighted by Gasteiger charge is 2.16. The summed E-state index contributed by atoms with van der Waals surface area (Å²) in [5.74, 6) is 1.00. The number of rotatable bonds is 8. The number of nitrogens with zero attached hydrogens (tertiary/aromatic N) is 2. The minimum absolute atomic E-state index is 0.0144. The third kappa shape index (κ3) is 8.32. The number of thioether (sulfide) groups is 2. The summed E-state index contributed by atoms with van der Waals surface area (Å²) in [6.07, 6.45) is 0.451. The summed E-state index contributed by atoms with van der Waals surface area (Å²) in [6.45, 7) is 8.11. The lowest BCUT2D eigenvalue weighted by Gasteiger charge is -2.17. The van der Waals surface area contributed by atoms with Crippen LogP contribution in [0, 0.1) is 5.41 Å². The van der Waals surface area contributed by atoms with Gasteiger partial charge in [0.2, 0.25) is 22.1 Å². The van der Waals surface area contributed by atoms with Crippen molar-refractivity contribution in [1.82, 2.24) is 9.36 Å². The maximum atomic E-state index is 12.1. The second-order valence-corrected chi connectivity index (χ2v) is 10.00. The van der Waals surface area contributed by atoms with Gasteiger partial charge in [0.15, 0.2) is 0 Å². The lowest BCUT2D eigenvalue weighted by Crippen LogP contribution is -2.19. The summed E-state index contributed by atoms with van der Waals surface area (Å²) < 4.78 is 4.17. The first-order valence-corrected chi connectivity index (χ1v) is 11.3. The van der Waals surface area contributed by atoms with Gasteiger partial charge in [-0.25, -0.2) is 0 Å². The van der Waals surface area contributed by atoms with E-state index in [9.17, 15) is 9.59 Å². The Morgan fingerprint density at radius 1 is 1.15 bits per heavy atom. The van der Waals surface area contributed by atoms with Crippen LogP contribution in [0.4, 0.5) is 10.8 Å². The summed E-state index contributed by atoms with van der Waals surface area (Å²) in [4.78, 5) is 29.3. The van der Waals surface area contributed by atoms with E-state index in [1.807, 2.05) is 52.0 Å². The molecule has 2 amide bonds. The standard InChI is InChI=1S/C18H24N4O2S3/c1-5-25-17-21-16(27-22-17)20-15(24)11-26-13-8-6-7-12(9-13)19-14(23)10-18(2,3)4/h6-9H,5,10-11H2,1-4H3,(H,19,23)(H,20,21,22,24). The van der Waals surface area contributed by atoms with Crippen LogP contribution in [0.15, 0.2) is 34.3 Å². The number of benzene rings is 1. The van der Waals surface area contributed by atoms with Crippen molar-refractivity contribution in [3.05, 3.63) is 24.3 Å². The summed E-state index contributed by atoms with van der Waals surface area (Å²) in [5.41, 5.74) is 0.675. The van der Waals surface area contributed by atoms with Crippen molar-refractivity contribution >= 4 is 57.7 Å². The molecule has 0 fully saturated rings. The molecule has 0 bridgehead atoms. The van der Waals surface area contributed by atoms with Gasteiger partial charge in [0.05, 0.1) is 5.75 Å². The third-order valence-electron chi connectivity index (χ3n) is 3.11. The Labute approximate surface area is 172 Å². The monoisotopic (exact) mass is 424 g/mol. The lowest BCUT2D eigenvalue weighted by molar-refractivity contribution is -0.118. The first kappa shape index (κ1) is 21.7. The van der Waals surface area contributed by atoms with E-state index in [0.717, 1.165) is 16.3 Å². The quantitative estimate of drug-likeness (QED) is 0.595. The Morgan fingerprint density at radius 2 is 1.93 bits per heavy atom. The molecule has 2 N–H and O–H groups in total. The van der Waals surface area contributed by atoms with Gasteiger partial charge in [0, 0.05) is 28.5 Å². The van der Waals surface area contributed by atoms with Crippen LogP contribution < -0.4 is 10.6 Å². The fourth-order valence-corrected chi connectivity index (χ4v) is 4.14. The number of nitrogens with one attached hydrogen (secondary N) is 2. The number of aromatic nitrogens is 2. The number of carbonyl (C=O) groups is 2. The zero-order chi connectivity index (χ0) is 19.9. The molecule has 1 aromatic carbocycles. The molecule has 0 spiro atoms. The first-order chi connectivity index (χ1) is 12.7. The zero-order valence-electron chi connectivity index (χ0n) is 15.9. The highest BCUT2D eigenvalue weighted by atomic mass is 32.2. The van der Waals surface area contributed by atoms with Gasteiger partial charge in [-0.3, -0.25) is 14.9 Å². The van der Waals surface area contributed by atoms with Gasteiger partial charge < -0.3 is 5.32 Å². The number of hydrogen-bond acceptors (Lipinski definition) is 7. The fourth-order valence-electron chi connectivity index (χ4n) is 2.10. The van der Waals surface area contributed by atoms with Crippen LogP contribution in [0.25, 0.3) is 0 Å². The van der Waals surface area contributed by atoms with Crippen molar-refractivity contribution in [2.45, 2.75) is 44.2 Å². The first-order valence-electron chi connectivity index (χ1n) is 8.54. The molecule has 0 aliphatic carbocycles. The van der Waals surface area contributed by atoms with E-state index in [0.29, 0.717) is 16.7 Å². The average Bonchev–Trinajstić information content (AvgIpc) is 2.99. The van der Waals surface area contributed by atoms with Crippen molar-refractivity contribution in [1.29, 1.82) is 0 Å². The fraction of sp³-hybridized carbons (Fsp3) is 0.444. The van der Waals surface area contributed by atoms with E-state index in [2.05, 4.69) is 20.0 Å². The average molecular weight is 425 g/mol. The molecule has 0 radical (unpaired) electrons. The van der Waals surface area contributed by atoms with Crippen LogP contribution in [0.2, 0.25) is 0 Å². The Hall–Kier alpha value is -1.58. The molecule has 1 aromatic heterocycles. The summed E-state index contributed by atoms with van der Waals surface area (Å²) in [5, 5.41) is 6.87. The van der Waals surface area contributed by atoms with Gasteiger partial charge in [0.25, 0.3) is 0 Å². The second-order valence-electron chi connectivity index (χ2n) is 6.97. The van der Waals surface area contributed by atoms with Crippen LogP contribution in [-0.4, -0.2) is 32.7 Å². The van der Waals surface area contributed by atoms with Crippen LogP contribution >= 0.6 is 35.1 Å². The molecule has 2 rings (SSSR count). The van der Waals surface area contributed by atoms with Crippen LogP contribution in [0.5, 0.6) is 0 Å². The molecule has 0 saturated carbocycles. The van der Waals surface area contributed by atoms with E-state index in [1.165, 1.54) is 23.3 Å². The normalized spacial score (nSPS) is 11.3. The summed E-state index contributed by atoms with van der Waals surface area (Å²) in [7, 11) is 0. The van der Waals surface area contributed by atoms with Crippen molar-refractivity contribution < 1.29 is 9.59 Å². The van der Waals surface area contributed by atoms with Gasteiger partial charge >= 0.3 is 0 Å². The van der Waals surface area contributed by atoms with Crippen molar-refractivity contribution in [3.63, 3.8) is 0 Å². The maximum Gasteiger partial charge on any atom is 0.236 e. The van der Waals surface area contributed by atoms with E-state index in [1.54, 1.807) is 11.8 Å². The Kier molecular flexibility index (Phi) is 8.12. The molecular formula is C18H24N4O2S3. The molecule has 0 saturated heterocycles. The van der Waals surface area contributed by atoms with Crippen LogP contribution in [-0.2, 0) is 9.59 Å². The summed E-state index contributed by atoms with van der Waals surface area (Å²) in [6, 6.07) is 7.50. The Morgan fingerprint density at radius 3 is 2.63 bits per heavy atom. The molecule has 146 valence electrons. The molecule has 0 aliphatic rings. The van der Waals surface area contributed by atoms with E-state index >= 15 is 0 Å². The van der Waals surface area contributed by atoms with Crippen molar-refractivity contribution in [3.8, 4) is 0 Å². The van der Waals surface area contributed by atoms with Crippen LogP contribution in [0.3, 0.4) is 0 Å². The number of anilines is 2. The van der Waals surface area contributed by atoms with E-state index < -0.39 is 0 Å². The Balaban J connectivity index is 1.84. The van der Waals surface area contributed by atoms with Gasteiger partial charge in [-0.2, -0.15) is 9.36 Å². The molecule has 1 heterocycles. The minimum atomic E-state index is -0.133. The minimum Gasteiger partial charge on any atom is -0.326 e. The molecule has 9 heteroatoms. The third-order valence-corrected chi connectivity index (χ3v) is 5.58. The predicted molar refractivity (Wildman–Crippen MR) is 115 cm³/mol. The van der Waals surface area contributed by atoms with Gasteiger partial charge in [-0.1, -0.05) is 45.5 Å². The highest BCUT2D eigenvalue weighted by Crippen LogP contribution is 2.24. The molecular weight excluding hydrogens is 400 g/mol. The summed E-state index contributed by atoms with van der Waals surface area (Å²) >= 11 is 4.13. The SMILES string of the molecule is CCSc1nsc(NC(=O)CSc2cccc(NC(=O)CC(C)(C)C)c2)n1. The smallest absolute Gasteiger partial charge is 0.236 e. The van der Waals surface area contributed by atoms with Gasteiger partial charge in [-0.15, -0.1) is 11.8 Å². The number of amides is 2. The second kappa shape index (κ2) is 10.1. The number of carbonyl (C=O) groups excluding carboxylic acids is 2. The largest absolute Gasteiger partial charge is 0.326 e. The maximum absolute atomic E-state index is 12.1.